The minimum Gasteiger partial charge on any atom is -0.457 e. The van der Waals surface area contributed by atoms with Crippen LogP contribution in [0.1, 0.15) is 116 Å². The fourth-order valence-corrected chi connectivity index (χ4v) is 12.9. The number of cyclic esters (lactones) is 1. The molecule has 450 valence electrons. The third-order valence-corrected chi connectivity index (χ3v) is 17.8. The highest BCUT2D eigenvalue weighted by atomic mass is 16.7. The molecule has 0 unspecified atom stereocenters. The second kappa shape index (κ2) is 26.7. The molecule has 84 heavy (non-hydrogen) atoms. The third kappa shape index (κ3) is 12.9. The van der Waals surface area contributed by atoms with E-state index in [4.69, 9.17) is 33.5 Å². The molecule has 13 atom stereocenters. The van der Waals surface area contributed by atoms with Crippen LogP contribution in [-0.2, 0) is 61.6 Å². The van der Waals surface area contributed by atoms with Crippen molar-refractivity contribution in [2.24, 2.45) is 22.7 Å². The van der Waals surface area contributed by atoms with Gasteiger partial charge in [0.15, 0.2) is 23.3 Å². The number of carbonyl (C=O) groups is 4. The normalized spacial score (nSPS) is 29.6. The van der Waals surface area contributed by atoms with Crippen molar-refractivity contribution in [1.82, 2.24) is 30.3 Å². The molecule has 0 aliphatic carbocycles. The van der Waals surface area contributed by atoms with Crippen molar-refractivity contribution in [1.29, 1.82) is 0 Å². The number of benzene rings is 4. The molecule has 9 rings (SSSR count). The summed E-state index contributed by atoms with van der Waals surface area (Å²) < 4.78 is 33.3. The summed E-state index contributed by atoms with van der Waals surface area (Å²) in [5, 5.41) is 33.2. The number of fused-ring (bicyclic) bond motifs is 1. The van der Waals surface area contributed by atoms with E-state index in [9.17, 15) is 29.4 Å². The lowest BCUT2D eigenvalue weighted by molar-refractivity contribution is -0.296. The Morgan fingerprint density at radius 3 is 2.11 bits per heavy atom. The van der Waals surface area contributed by atoms with Crippen LogP contribution in [0.25, 0.3) is 11.3 Å². The highest BCUT2D eigenvalue weighted by molar-refractivity contribution is 6.00. The second-order valence-electron chi connectivity index (χ2n) is 23.7. The van der Waals surface area contributed by atoms with Crippen molar-refractivity contribution < 1.29 is 57.9 Å². The maximum atomic E-state index is 14.6. The molecule has 4 aliphatic heterocycles. The average Bonchev–Trinajstić information content (AvgIpc) is 1.15. The number of aliphatic hydroxyl groups is 2. The van der Waals surface area contributed by atoms with Gasteiger partial charge < -0.3 is 33.9 Å². The number of hydrogen-bond donors (Lipinski definition) is 3. The summed E-state index contributed by atoms with van der Waals surface area (Å²) in [6, 6.07) is 36.5. The molecule has 2 amide bonds. The molecule has 5 aromatic rings. The first kappa shape index (κ1) is 61.8. The van der Waals surface area contributed by atoms with Gasteiger partial charge >= 0.3 is 12.1 Å². The maximum absolute atomic E-state index is 14.6. The number of Topliss-reactive ketones (excluding diaryl/α,β-unsaturated/α-hetero) is 1. The van der Waals surface area contributed by atoms with Crippen molar-refractivity contribution in [3.63, 3.8) is 0 Å². The number of aryl methyl sites for hydroxylation is 1. The monoisotopic (exact) mass is 1150 g/mol. The molecule has 3 saturated heterocycles. The number of carbonyl (C=O) groups excluding carboxylic acids is 4. The van der Waals surface area contributed by atoms with E-state index < -0.39 is 95.2 Å². The van der Waals surface area contributed by atoms with Gasteiger partial charge in [-0.1, -0.05) is 148 Å². The number of nitrogens with one attached hydrogen (secondary N) is 1. The summed E-state index contributed by atoms with van der Waals surface area (Å²) in [6.45, 7) is 13.8. The number of aliphatic hydroxyl groups excluding tert-OH is 2. The van der Waals surface area contributed by atoms with Gasteiger partial charge in [0.25, 0.3) is 0 Å². The van der Waals surface area contributed by atoms with E-state index in [1.165, 1.54) is 18.9 Å². The van der Waals surface area contributed by atoms with Gasteiger partial charge in [-0.15, -0.1) is 5.10 Å². The molecule has 2 bridgehead atoms. The van der Waals surface area contributed by atoms with Crippen LogP contribution >= 0.6 is 0 Å². The molecular formula is C65H83N7O12. The van der Waals surface area contributed by atoms with Gasteiger partial charge in [-0.25, -0.2) is 10.3 Å². The summed E-state index contributed by atoms with van der Waals surface area (Å²) in [5.41, 5.74) is 4.70. The first-order valence-electron chi connectivity index (χ1n) is 29.6. The lowest BCUT2D eigenvalue weighted by Gasteiger charge is -2.52. The molecule has 3 N–H and O–H groups in total. The standard InChI is InChI=1S/C65H83N7O12/c1-10-52-64(7)58(76)55-54(66-34-36-72(55)62(78)83-64)41(2)38-63(6,79-9)59(43(4)56(74)44(5)60(77)81-52)82-61-57(75)51(37-42(3)80-61)70(8)39-45-30-32-46(33-31-45)50-40-71(69-67-50)35-22-14-21-29-53(73)68-84-65(47-23-15-11-16-24-47,48-25-17-12-18-26-48)49-27-19-13-20-28-49/h11-13,15-20,23-28,30-33,40-44,51-52,55,57-59,61,75-76H,10,14,21-22,29,34-39H2,1-9H3,(H,68,73)/t41-,42-,43+,44-,51+,52-,55+,57+,58-,59-,61+,63-,64-/m1/s1. The first-order valence-corrected chi connectivity index (χ1v) is 29.6. The minimum atomic E-state index is -1.63. The van der Waals surface area contributed by atoms with E-state index in [0.717, 1.165) is 46.4 Å². The zero-order valence-corrected chi connectivity index (χ0v) is 49.8. The molecule has 19 nitrogen and oxygen atoms in total. The number of amides is 2. The highest BCUT2D eigenvalue weighted by Crippen LogP contribution is 2.43. The van der Waals surface area contributed by atoms with Gasteiger partial charge in [-0.3, -0.25) is 38.7 Å². The number of esters is 1. The summed E-state index contributed by atoms with van der Waals surface area (Å²) >= 11 is 0. The second-order valence-corrected chi connectivity index (χ2v) is 23.7. The van der Waals surface area contributed by atoms with Gasteiger partial charge in [0.2, 0.25) is 5.91 Å². The molecular weight excluding hydrogens is 1070 g/mol. The van der Waals surface area contributed by atoms with E-state index in [1.807, 2.05) is 154 Å². The number of rotatable bonds is 19. The number of hydrogen-bond acceptors (Lipinski definition) is 16. The van der Waals surface area contributed by atoms with Gasteiger partial charge in [0, 0.05) is 56.4 Å². The van der Waals surface area contributed by atoms with E-state index >= 15 is 0 Å². The smallest absolute Gasteiger partial charge is 0.411 e. The van der Waals surface area contributed by atoms with Crippen molar-refractivity contribution in [2.45, 2.75) is 172 Å². The number of likely N-dealkylation sites (N-methyl/N-ethyl adjacent to an activating group) is 1. The Hall–Kier alpha value is -6.71. The summed E-state index contributed by atoms with van der Waals surface area (Å²) in [6.07, 6.45) is -1.48. The Morgan fingerprint density at radius 2 is 1.50 bits per heavy atom. The predicted octanol–water partition coefficient (Wildman–Crippen LogP) is 8.23. The van der Waals surface area contributed by atoms with Gasteiger partial charge in [-0.2, -0.15) is 0 Å². The number of ketones is 1. The third-order valence-electron chi connectivity index (χ3n) is 17.8. The van der Waals surface area contributed by atoms with Crippen LogP contribution in [0.4, 0.5) is 4.79 Å². The highest BCUT2D eigenvalue weighted by Gasteiger charge is 2.59. The number of aliphatic imine (C=N–C) groups is 1. The summed E-state index contributed by atoms with van der Waals surface area (Å²) in [5.74, 6) is -4.19. The van der Waals surface area contributed by atoms with Gasteiger partial charge in [-0.05, 0) is 95.0 Å². The fraction of sp³-hybridized carbons (Fsp3) is 0.523. The average molecular weight is 1150 g/mol. The van der Waals surface area contributed by atoms with Crippen LogP contribution in [0.3, 0.4) is 0 Å². The topological polar surface area (TPSA) is 226 Å². The SMILES string of the molecule is CC[C@H]1OC(=O)[C@H](C)C(=O)[C@H](C)[C@@H](O[C@@H]2O[C@H](C)C[C@H](N(C)Cc3ccc(-c4cn(CCCCCC(=O)NOC(c5ccccc5)(c5ccccc5)c5ccccc5)nn4)cc3)[C@@H]2O)[C@](C)(OC)C[C@@H](C)C2=NCCN3C(=O)O[C@@]1(C)[C@H](O)[C@H]23. The first-order chi connectivity index (χ1) is 40.3. The zero-order chi connectivity index (χ0) is 59.9. The van der Waals surface area contributed by atoms with Crippen LogP contribution in [0.5, 0.6) is 0 Å². The molecule has 4 aromatic carbocycles. The Balaban J connectivity index is 0.809. The molecule has 3 fully saturated rings. The zero-order valence-electron chi connectivity index (χ0n) is 49.8. The van der Waals surface area contributed by atoms with Gasteiger partial charge in [0.05, 0.1) is 30.6 Å². The van der Waals surface area contributed by atoms with Crippen LogP contribution in [0.2, 0.25) is 0 Å². The van der Waals surface area contributed by atoms with Crippen LogP contribution in [0.15, 0.2) is 126 Å². The Morgan fingerprint density at radius 1 is 0.869 bits per heavy atom. The molecule has 0 saturated carbocycles. The molecule has 0 radical (unpaired) electrons. The van der Waals surface area contributed by atoms with E-state index in [-0.39, 0.29) is 37.9 Å². The lowest BCUT2D eigenvalue weighted by Crippen LogP contribution is -2.71. The Bertz CT molecular complexity index is 2960. The van der Waals surface area contributed by atoms with E-state index in [1.54, 1.807) is 20.8 Å². The lowest BCUT2D eigenvalue weighted by atomic mass is 9.74. The number of methoxy groups -OCH3 is 1. The van der Waals surface area contributed by atoms with Crippen LogP contribution in [-0.4, -0.2) is 152 Å². The molecule has 0 spiro atoms. The molecule has 1 aromatic heterocycles. The van der Waals surface area contributed by atoms with Crippen molar-refractivity contribution in [3.8, 4) is 11.3 Å². The number of nitrogens with zero attached hydrogens (tertiary/aromatic N) is 6. The van der Waals surface area contributed by atoms with E-state index in [0.29, 0.717) is 38.1 Å². The molecule has 19 heteroatoms. The maximum Gasteiger partial charge on any atom is 0.411 e. The number of aromatic nitrogens is 3. The quantitative estimate of drug-likeness (QED) is 0.0233. The Labute approximate surface area is 492 Å². The van der Waals surface area contributed by atoms with E-state index in [2.05, 4.69) is 20.7 Å². The summed E-state index contributed by atoms with van der Waals surface area (Å²) in [4.78, 5) is 70.4. The molecule has 4 aliphatic rings. The minimum absolute atomic E-state index is 0.195. The molecule has 5 heterocycles. The number of unbranched alkanes of at least 4 members (excludes halogenated alkanes) is 2. The van der Waals surface area contributed by atoms with Crippen LogP contribution in [0, 0.1) is 17.8 Å². The van der Waals surface area contributed by atoms with Crippen LogP contribution < -0.4 is 5.48 Å². The summed E-state index contributed by atoms with van der Waals surface area (Å²) in [7, 11) is 3.47. The number of ether oxygens (including phenoxy) is 5. The largest absolute Gasteiger partial charge is 0.457 e. The predicted molar refractivity (Wildman–Crippen MR) is 314 cm³/mol. The van der Waals surface area contributed by atoms with Crippen molar-refractivity contribution in [3.05, 3.63) is 144 Å². The van der Waals surface area contributed by atoms with Gasteiger partial charge in [0.1, 0.15) is 36.0 Å². The van der Waals surface area contributed by atoms with Crippen molar-refractivity contribution >= 4 is 29.5 Å². The van der Waals surface area contributed by atoms with Crippen molar-refractivity contribution in [2.75, 3.05) is 27.2 Å². The number of hydroxylamine groups is 1. The fourth-order valence-electron chi connectivity index (χ4n) is 12.9. The Kier molecular flexibility index (Phi) is 19.6.